The summed E-state index contributed by atoms with van der Waals surface area (Å²) in [6.07, 6.45) is 2.60. The molecule has 0 bridgehead atoms. The number of hydrogen-bond donors (Lipinski definition) is 1. The van der Waals surface area contributed by atoms with Crippen LogP contribution >= 0.6 is 15.9 Å². The number of ether oxygens (including phenoxy) is 1. The van der Waals surface area contributed by atoms with Crippen molar-refractivity contribution in [3.63, 3.8) is 0 Å². The Morgan fingerprint density at radius 3 is 2.87 bits per heavy atom. The summed E-state index contributed by atoms with van der Waals surface area (Å²) in [6.45, 7) is 2.52. The first-order valence-corrected chi connectivity index (χ1v) is 5.49. The van der Waals surface area contributed by atoms with Crippen molar-refractivity contribution in [2.75, 3.05) is 13.7 Å². The van der Waals surface area contributed by atoms with Gasteiger partial charge in [-0.05, 0) is 28.4 Å². The molecule has 0 saturated heterocycles. The van der Waals surface area contributed by atoms with Gasteiger partial charge in [0, 0.05) is 17.8 Å². The summed E-state index contributed by atoms with van der Waals surface area (Å²) in [7, 11) is 1.61. The van der Waals surface area contributed by atoms with Gasteiger partial charge in [0.25, 0.3) is 0 Å². The Bertz CT molecular complexity index is 348. The zero-order chi connectivity index (χ0) is 11.4. The molecule has 1 N–H and O–H groups in total. The van der Waals surface area contributed by atoms with Crippen LogP contribution < -0.4 is 0 Å². The maximum absolute atomic E-state index is 11.0. The van der Waals surface area contributed by atoms with Crippen molar-refractivity contribution in [1.82, 2.24) is 4.57 Å². The summed E-state index contributed by atoms with van der Waals surface area (Å²) in [5.41, 5.74) is 0.283. The van der Waals surface area contributed by atoms with E-state index in [0.29, 0.717) is 6.61 Å². The van der Waals surface area contributed by atoms with Crippen LogP contribution in [0, 0.1) is 0 Å². The molecule has 0 amide bonds. The molecule has 0 radical (unpaired) electrons. The normalized spacial score (nSPS) is 12.7. The SMILES string of the molecule is CCC(COC)n1cc(Br)cc1C(=O)O. The Balaban J connectivity index is 3.04. The average molecular weight is 276 g/mol. The van der Waals surface area contributed by atoms with Crippen LogP contribution in [0.25, 0.3) is 0 Å². The van der Waals surface area contributed by atoms with Crippen LogP contribution in [-0.2, 0) is 4.74 Å². The maximum Gasteiger partial charge on any atom is 0.352 e. The van der Waals surface area contributed by atoms with Crippen LogP contribution in [0.3, 0.4) is 0 Å². The third-order valence-corrected chi connectivity index (χ3v) is 2.69. The highest BCUT2D eigenvalue weighted by atomic mass is 79.9. The molecule has 5 heteroatoms. The lowest BCUT2D eigenvalue weighted by atomic mass is 10.2. The zero-order valence-electron chi connectivity index (χ0n) is 8.74. The van der Waals surface area contributed by atoms with Crippen molar-refractivity contribution in [2.24, 2.45) is 0 Å². The van der Waals surface area contributed by atoms with E-state index < -0.39 is 5.97 Å². The van der Waals surface area contributed by atoms with E-state index in [4.69, 9.17) is 9.84 Å². The summed E-state index contributed by atoms with van der Waals surface area (Å²) in [5, 5.41) is 9.01. The first-order valence-electron chi connectivity index (χ1n) is 4.69. The standard InChI is InChI=1S/C10H14BrNO3/c1-3-8(6-15-2)12-5-7(11)4-9(12)10(13)14/h4-5,8H,3,6H2,1-2H3,(H,13,14). The van der Waals surface area contributed by atoms with Crippen molar-refractivity contribution >= 4 is 21.9 Å². The van der Waals surface area contributed by atoms with Gasteiger partial charge in [-0.15, -0.1) is 0 Å². The number of halogens is 1. The zero-order valence-corrected chi connectivity index (χ0v) is 10.3. The molecule has 1 unspecified atom stereocenters. The Labute approximate surface area is 97.0 Å². The van der Waals surface area contributed by atoms with Gasteiger partial charge in [-0.25, -0.2) is 4.79 Å². The molecule has 1 heterocycles. The maximum atomic E-state index is 11.0. The molecule has 0 aliphatic heterocycles. The van der Waals surface area contributed by atoms with E-state index in [1.807, 2.05) is 6.92 Å². The van der Waals surface area contributed by atoms with Gasteiger partial charge in [-0.3, -0.25) is 0 Å². The van der Waals surface area contributed by atoms with E-state index in [1.165, 1.54) is 0 Å². The fraction of sp³-hybridized carbons (Fsp3) is 0.500. The first-order chi connectivity index (χ1) is 7.10. The molecule has 0 spiro atoms. The number of carboxylic acid groups (broad SMARTS) is 1. The van der Waals surface area contributed by atoms with Crippen LogP contribution in [0.5, 0.6) is 0 Å². The minimum atomic E-state index is -0.921. The lowest BCUT2D eigenvalue weighted by Gasteiger charge is -2.17. The van der Waals surface area contributed by atoms with Crippen molar-refractivity contribution in [3.8, 4) is 0 Å². The molecule has 0 saturated carbocycles. The Morgan fingerprint density at radius 2 is 2.40 bits per heavy atom. The van der Waals surface area contributed by atoms with E-state index in [1.54, 1.807) is 23.9 Å². The predicted molar refractivity (Wildman–Crippen MR) is 60.3 cm³/mol. The summed E-state index contributed by atoms with van der Waals surface area (Å²) in [4.78, 5) is 11.0. The van der Waals surface area contributed by atoms with Gasteiger partial charge in [-0.2, -0.15) is 0 Å². The molecule has 0 aromatic carbocycles. The number of carboxylic acids is 1. The molecule has 1 aromatic heterocycles. The third-order valence-electron chi connectivity index (χ3n) is 2.26. The Hall–Kier alpha value is -0.810. The minimum Gasteiger partial charge on any atom is -0.477 e. The van der Waals surface area contributed by atoms with E-state index in [0.717, 1.165) is 10.9 Å². The first kappa shape index (κ1) is 12.3. The predicted octanol–water partition coefficient (Wildman–Crippen LogP) is 2.55. The summed E-state index contributed by atoms with van der Waals surface area (Å²) in [6, 6.07) is 1.66. The number of hydrogen-bond acceptors (Lipinski definition) is 2. The van der Waals surface area contributed by atoms with Gasteiger partial charge in [-0.1, -0.05) is 6.92 Å². The van der Waals surface area contributed by atoms with Gasteiger partial charge >= 0.3 is 5.97 Å². The lowest BCUT2D eigenvalue weighted by Crippen LogP contribution is -2.17. The molecule has 4 nitrogen and oxygen atoms in total. The molecule has 1 rings (SSSR count). The monoisotopic (exact) mass is 275 g/mol. The third kappa shape index (κ3) is 2.82. The van der Waals surface area contributed by atoms with Crippen LogP contribution in [0.1, 0.15) is 29.9 Å². The Kier molecular flexibility index (Phi) is 4.35. The molecule has 1 atom stereocenters. The number of rotatable bonds is 5. The van der Waals surface area contributed by atoms with Gasteiger partial charge in [0.05, 0.1) is 12.6 Å². The molecule has 0 aliphatic carbocycles. The fourth-order valence-corrected chi connectivity index (χ4v) is 1.94. The highest BCUT2D eigenvalue weighted by molar-refractivity contribution is 9.10. The smallest absolute Gasteiger partial charge is 0.352 e. The molecule has 0 fully saturated rings. The van der Waals surface area contributed by atoms with Crippen molar-refractivity contribution in [3.05, 3.63) is 22.4 Å². The number of methoxy groups -OCH3 is 1. The average Bonchev–Trinajstić information content (AvgIpc) is 2.56. The number of aromatic nitrogens is 1. The van der Waals surface area contributed by atoms with E-state index in [9.17, 15) is 4.79 Å². The summed E-state index contributed by atoms with van der Waals surface area (Å²) in [5.74, 6) is -0.921. The van der Waals surface area contributed by atoms with Crippen molar-refractivity contribution in [2.45, 2.75) is 19.4 Å². The fourth-order valence-electron chi connectivity index (χ4n) is 1.51. The van der Waals surface area contributed by atoms with Gasteiger partial charge < -0.3 is 14.4 Å². The van der Waals surface area contributed by atoms with Crippen LogP contribution in [-0.4, -0.2) is 29.4 Å². The number of carbonyl (C=O) groups is 1. The van der Waals surface area contributed by atoms with E-state index >= 15 is 0 Å². The quantitative estimate of drug-likeness (QED) is 0.899. The topological polar surface area (TPSA) is 51.5 Å². The van der Waals surface area contributed by atoms with Crippen LogP contribution in [0.15, 0.2) is 16.7 Å². The molecule has 84 valence electrons. The van der Waals surface area contributed by atoms with E-state index in [-0.39, 0.29) is 11.7 Å². The molecule has 1 aromatic rings. The highest BCUT2D eigenvalue weighted by Gasteiger charge is 2.17. The second kappa shape index (κ2) is 5.32. The van der Waals surface area contributed by atoms with Crippen molar-refractivity contribution in [1.29, 1.82) is 0 Å². The Morgan fingerprint density at radius 1 is 1.73 bits per heavy atom. The largest absolute Gasteiger partial charge is 0.477 e. The molecule has 0 aliphatic rings. The van der Waals surface area contributed by atoms with E-state index in [2.05, 4.69) is 15.9 Å². The van der Waals surface area contributed by atoms with Gasteiger partial charge in [0.2, 0.25) is 0 Å². The number of aromatic carboxylic acids is 1. The molecular weight excluding hydrogens is 262 g/mol. The lowest BCUT2D eigenvalue weighted by molar-refractivity contribution is 0.0676. The van der Waals surface area contributed by atoms with Gasteiger partial charge in [0.1, 0.15) is 5.69 Å². The second-order valence-corrected chi connectivity index (χ2v) is 4.19. The summed E-state index contributed by atoms with van der Waals surface area (Å²) >= 11 is 3.27. The minimum absolute atomic E-state index is 0.0624. The molecular formula is C10H14BrNO3. The summed E-state index contributed by atoms with van der Waals surface area (Å²) < 4.78 is 7.57. The van der Waals surface area contributed by atoms with Crippen molar-refractivity contribution < 1.29 is 14.6 Å². The van der Waals surface area contributed by atoms with Crippen LogP contribution in [0.2, 0.25) is 0 Å². The number of nitrogens with zero attached hydrogens (tertiary/aromatic N) is 1. The highest BCUT2D eigenvalue weighted by Crippen LogP contribution is 2.21. The second-order valence-electron chi connectivity index (χ2n) is 3.27. The van der Waals surface area contributed by atoms with Gasteiger partial charge in [0.15, 0.2) is 0 Å². The van der Waals surface area contributed by atoms with Crippen LogP contribution in [0.4, 0.5) is 0 Å². The molecule has 15 heavy (non-hydrogen) atoms.